The van der Waals surface area contributed by atoms with Crippen LogP contribution in [0.5, 0.6) is 5.75 Å². The minimum absolute atomic E-state index is 0.219. The topological polar surface area (TPSA) is 178 Å². The molecule has 0 saturated carbocycles. The van der Waals surface area contributed by atoms with Crippen molar-refractivity contribution in [3.8, 4) is 17.1 Å². The SMILES string of the molecule is Cc1nnc(-c2ccc(OCCOCCOCCOCCOCCOCCOCCOCCOCCC(N)=O)cc2)nn1. The Bertz CT molecular complexity index is 941. The summed E-state index contributed by atoms with van der Waals surface area (Å²) in [5.41, 5.74) is 5.83. The molecule has 1 aromatic heterocycles. The second-order valence-corrected chi connectivity index (χ2v) is 8.76. The predicted molar refractivity (Wildman–Crippen MR) is 154 cm³/mol. The standard InChI is InChI=1S/C28H45N5O10/c1-24-30-32-28(33-31-24)25-2-4-26(5-3-25)43-23-22-42-21-20-41-19-18-40-17-16-39-15-14-38-13-12-37-11-10-36-9-8-35-7-6-27(29)34/h2-5H,6-23H2,1H3,(H2,29,34). The van der Waals surface area contributed by atoms with E-state index in [4.69, 9.17) is 48.4 Å². The molecule has 0 fully saturated rings. The minimum atomic E-state index is -0.375. The molecule has 0 saturated heterocycles. The van der Waals surface area contributed by atoms with Gasteiger partial charge >= 0.3 is 0 Å². The molecule has 0 spiro atoms. The summed E-state index contributed by atoms with van der Waals surface area (Å²) in [6.45, 7) is 9.61. The Balaban J connectivity index is 1.23. The van der Waals surface area contributed by atoms with E-state index < -0.39 is 0 Å². The molecule has 1 aromatic carbocycles. The molecular formula is C28H45N5O10. The lowest BCUT2D eigenvalue weighted by Crippen LogP contribution is -2.16. The van der Waals surface area contributed by atoms with E-state index in [1.165, 1.54) is 0 Å². The molecule has 0 radical (unpaired) electrons. The van der Waals surface area contributed by atoms with E-state index in [2.05, 4.69) is 20.4 Å². The number of benzene rings is 1. The summed E-state index contributed by atoms with van der Waals surface area (Å²) >= 11 is 0. The molecule has 242 valence electrons. The number of carbonyl (C=O) groups excluding carboxylic acids is 1. The van der Waals surface area contributed by atoms with Gasteiger partial charge in [-0.2, -0.15) is 0 Å². The Morgan fingerprint density at radius 1 is 0.535 bits per heavy atom. The average Bonchev–Trinajstić information content (AvgIpc) is 3.01. The van der Waals surface area contributed by atoms with Crippen molar-refractivity contribution < 1.29 is 47.4 Å². The highest BCUT2D eigenvalue weighted by molar-refractivity contribution is 5.73. The Kier molecular flexibility index (Phi) is 21.6. The molecule has 15 nitrogen and oxygen atoms in total. The van der Waals surface area contributed by atoms with Crippen LogP contribution in [0.1, 0.15) is 12.2 Å². The zero-order valence-corrected chi connectivity index (χ0v) is 25.0. The van der Waals surface area contributed by atoms with Gasteiger partial charge in [0.25, 0.3) is 0 Å². The van der Waals surface area contributed by atoms with Crippen LogP contribution in [-0.2, 0) is 42.7 Å². The van der Waals surface area contributed by atoms with Gasteiger partial charge in [-0.1, -0.05) is 0 Å². The van der Waals surface area contributed by atoms with E-state index in [0.717, 1.165) is 11.3 Å². The zero-order chi connectivity index (χ0) is 30.6. The summed E-state index contributed by atoms with van der Waals surface area (Å²) in [5, 5.41) is 15.9. The average molecular weight is 612 g/mol. The number of nitrogens with two attached hydrogens (primary N) is 1. The molecule has 43 heavy (non-hydrogen) atoms. The van der Waals surface area contributed by atoms with E-state index in [0.29, 0.717) is 124 Å². The van der Waals surface area contributed by atoms with Crippen molar-refractivity contribution in [2.45, 2.75) is 13.3 Å². The van der Waals surface area contributed by atoms with E-state index in [-0.39, 0.29) is 12.3 Å². The molecule has 0 aliphatic heterocycles. The normalized spacial score (nSPS) is 11.2. The molecule has 1 amide bonds. The van der Waals surface area contributed by atoms with Crippen molar-refractivity contribution in [1.82, 2.24) is 20.4 Å². The first kappa shape index (κ1) is 36.3. The maximum atomic E-state index is 10.5. The second kappa shape index (κ2) is 25.6. The Morgan fingerprint density at radius 3 is 1.26 bits per heavy atom. The van der Waals surface area contributed by atoms with Crippen molar-refractivity contribution in [2.75, 3.05) is 112 Å². The van der Waals surface area contributed by atoms with E-state index in [1.54, 1.807) is 6.92 Å². The van der Waals surface area contributed by atoms with Crippen LogP contribution in [0.3, 0.4) is 0 Å². The number of hydrogen-bond donors (Lipinski definition) is 1. The lowest BCUT2D eigenvalue weighted by atomic mass is 10.2. The van der Waals surface area contributed by atoms with E-state index in [1.807, 2.05) is 24.3 Å². The van der Waals surface area contributed by atoms with Crippen LogP contribution >= 0.6 is 0 Å². The molecule has 2 rings (SSSR count). The number of aromatic nitrogens is 4. The highest BCUT2D eigenvalue weighted by Crippen LogP contribution is 2.18. The molecule has 2 N–H and O–H groups in total. The van der Waals surface area contributed by atoms with Crippen molar-refractivity contribution in [2.24, 2.45) is 5.73 Å². The maximum Gasteiger partial charge on any atom is 0.219 e. The predicted octanol–water partition coefficient (Wildman–Crippen LogP) is 0.629. The van der Waals surface area contributed by atoms with Crippen molar-refractivity contribution in [1.29, 1.82) is 0 Å². The minimum Gasteiger partial charge on any atom is -0.491 e. The molecule has 2 aromatic rings. The summed E-state index contributed by atoms with van der Waals surface area (Å²) < 4.78 is 49.0. The van der Waals surface area contributed by atoms with E-state index in [9.17, 15) is 4.79 Å². The Labute approximate surface area is 252 Å². The largest absolute Gasteiger partial charge is 0.491 e. The number of amides is 1. The number of rotatable bonds is 29. The fraction of sp³-hybridized carbons (Fsp3) is 0.679. The smallest absolute Gasteiger partial charge is 0.219 e. The summed E-state index contributed by atoms with van der Waals surface area (Å²) in [6, 6.07) is 7.41. The molecule has 0 aliphatic rings. The molecule has 15 heteroatoms. The van der Waals surface area contributed by atoms with Gasteiger partial charge in [0.2, 0.25) is 11.7 Å². The fourth-order valence-electron chi connectivity index (χ4n) is 3.13. The van der Waals surface area contributed by atoms with Crippen LogP contribution in [0, 0.1) is 6.92 Å². The van der Waals surface area contributed by atoms with E-state index >= 15 is 0 Å². The van der Waals surface area contributed by atoms with Crippen LogP contribution in [0.25, 0.3) is 11.4 Å². The zero-order valence-electron chi connectivity index (χ0n) is 25.0. The third-order valence-corrected chi connectivity index (χ3v) is 5.28. The molecule has 0 atom stereocenters. The first-order valence-electron chi connectivity index (χ1n) is 14.3. The first-order chi connectivity index (χ1) is 21.1. The van der Waals surface area contributed by atoms with Crippen LogP contribution in [-0.4, -0.2) is 139 Å². The summed E-state index contributed by atoms with van der Waals surface area (Å²) in [6.07, 6.45) is 0.219. The van der Waals surface area contributed by atoms with Crippen LogP contribution in [0.4, 0.5) is 0 Å². The first-order valence-corrected chi connectivity index (χ1v) is 14.3. The number of ether oxygens (including phenoxy) is 9. The quantitative estimate of drug-likeness (QED) is 0.127. The molecular weight excluding hydrogens is 566 g/mol. The van der Waals surface area contributed by atoms with Gasteiger partial charge in [0.1, 0.15) is 12.4 Å². The van der Waals surface area contributed by atoms with Gasteiger partial charge in [0.05, 0.1) is 106 Å². The number of hydrogen-bond acceptors (Lipinski definition) is 14. The third kappa shape index (κ3) is 20.6. The van der Waals surface area contributed by atoms with Crippen LogP contribution in [0.2, 0.25) is 0 Å². The van der Waals surface area contributed by atoms with Gasteiger partial charge in [0, 0.05) is 12.0 Å². The van der Waals surface area contributed by atoms with Gasteiger partial charge in [0.15, 0.2) is 5.82 Å². The highest BCUT2D eigenvalue weighted by atomic mass is 16.6. The highest BCUT2D eigenvalue weighted by Gasteiger charge is 2.03. The molecule has 0 aliphatic carbocycles. The number of aryl methyl sites for hydroxylation is 1. The molecule has 1 heterocycles. The van der Waals surface area contributed by atoms with Crippen LogP contribution < -0.4 is 10.5 Å². The Hall–Kier alpha value is -2.89. The molecule has 0 unspecified atom stereocenters. The number of primary amides is 1. The molecule has 0 bridgehead atoms. The fourth-order valence-corrected chi connectivity index (χ4v) is 3.13. The van der Waals surface area contributed by atoms with Gasteiger partial charge < -0.3 is 48.4 Å². The lowest BCUT2D eigenvalue weighted by Gasteiger charge is -2.09. The lowest BCUT2D eigenvalue weighted by molar-refractivity contribution is -0.119. The summed E-state index contributed by atoms with van der Waals surface area (Å²) in [5.74, 6) is 1.35. The maximum absolute atomic E-state index is 10.5. The second-order valence-electron chi connectivity index (χ2n) is 8.76. The number of nitrogens with zero attached hydrogens (tertiary/aromatic N) is 4. The van der Waals surface area contributed by atoms with Gasteiger partial charge in [-0.3, -0.25) is 4.79 Å². The monoisotopic (exact) mass is 611 g/mol. The van der Waals surface area contributed by atoms with Crippen molar-refractivity contribution >= 4 is 5.91 Å². The van der Waals surface area contributed by atoms with Crippen LogP contribution in [0.15, 0.2) is 24.3 Å². The van der Waals surface area contributed by atoms with Gasteiger partial charge in [-0.25, -0.2) is 0 Å². The summed E-state index contributed by atoms with van der Waals surface area (Å²) in [7, 11) is 0. The third-order valence-electron chi connectivity index (χ3n) is 5.28. The van der Waals surface area contributed by atoms with Gasteiger partial charge in [-0.15, -0.1) is 20.4 Å². The van der Waals surface area contributed by atoms with Gasteiger partial charge in [-0.05, 0) is 31.2 Å². The Morgan fingerprint density at radius 2 is 0.884 bits per heavy atom. The summed E-state index contributed by atoms with van der Waals surface area (Å²) in [4.78, 5) is 10.5. The number of carbonyl (C=O) groups is 1. The van der Waals surface area contributed by atoms with Crippen molar-refractivity contribution in [3.63, 3.8) is 0 Å². The van der Waals surface area contributed by atoms with Crippen molar-refractivity contribution in [3.05, 3.63) is 30.1 Å².